The molecular weight excluding hydrogens is 287 g/mol. The molecule has 0 fully saturated rings. The molecule has 0 aliphatic rings. The van der Waals surface area contributed by atoms with Gasteiger partial charge in [0.25, 0.3) is 0 Å². The van der Waals surface area contributed by atoms with Gasteiger partial charge in [0.1, 0.15) is 11.9 Å². The third-order valence-corrected chi connectivity index (χ3v) is 3.19. The quantitative estimate of drug-likeness (QED) is 0.813. The van der Waals surface area contributed by atoms with Crippen LogP contribution in [0.25, 0.3) is 11.4 Å². The monoisotopic (exact) mass is 298 g/mol. The van der Waals surface area contributed by atoms with Crippen molar-refractivity contribution in [2.45, 2.75) is 13.0 Å². The SMILES string of the molecule is COC(=O)C(C)n1ccnc1-c1cc(Cl)cc(Cl)c1. The first-order valence-electron chi connectivity index (χ1n) is 5.60. The van der Waals surface area contributed by atoms with Crippen molar-refractivity contribution in [3.05, 3.63) is 40.6 Å². The molecule has 0 aliphatic carbocycles. The fourth-order valence-electron chi connectivity index (χ4n) is 1.82. The highest BCUT2D eigenvalue weighted by atomic mass is 35.5. The molecule has 0 saturated heterocycles. The summed E-state index contributed by atoms with van der Waals surface area (Å²) in [6, 6.07) is 4.66. The van der Waals surface area contributed by atoms with Crippen molar-refractivity contribution in [3.63, 3.8) is 0 Å². The van der Waals surface area contributed by atoms with Gasteiger partial charge in [0, 0.05) is 28.0 Å². The van der Waals surface area contributed by atoms with Crippen LogP contribution in [0.4, 0.5) is 0 Å². The van der Waals surface area contributed by atoms with Gasteiger partial charge in [-0.1, -0.05) is 23.2 Å². The largest absolute Gasteiger partial charge is 0.467 e. The minimum atomic E-state index is -0.472. The Labute approximate surface area is 120 Å². The molecule has 6 heteroatoms. The Balaban J connectivity index is 2.47. The Morgan fingerprint density at radius 1 is 1.32 bits per heavy atom. The number of imidazole rings is 1. The van der Waals surface area contributed by atoms with Crippen molar-refractivity contribution in [1.29, 1.82) is 0 Å². The van der Waals surface area contributed by atoms with E-state index in [4.69, 9.17) is 27.9 Å². The number of nitrogens with zero attached hydrogens (tertiary/aromatic N) is 2. The molecule has 0 aliphatic heterocycles. The topological polar surface area (TPSA) is 44.1 Å². The lowest BCUT2D eigenvalue weighted by Crippen LogP contribution is -2.18. The number of ether oxygens (including phenoxy) is 1. The van der Waals surface area contributed by atoms with Gasteiger partial charge in [-0.05, 0) is 25.1 Å². The second-order valence-corrected chi connectivity index (χ2v) is 4.89. The maximum atomic E-state index is 11.6. The molecule has 0 radical (unpaired) electrons. The Bertz CT molecular complexity index is 590. The van der Waals surface area contributed by atoms with E-state index in [1.165, 1.54) is 7.11 Å². The number of carbonyl (C=O) groups excluding carboxylic acids is 1. The van der Waals surface area contributed by atoms with Crippen LogP contribution in [-0.4, -0.2) is 22.6 Å². The molecule has 19 heavy (non-hydrogen) atoms. The first-order valence-corrected chi connectivity index (χ1v) is 6.35. The highest BCUT2D eigenvalue weighted by Gasteiger charge is 2.19. The van der Waals surface area contributed by atoms with E-state index >= 15 is 0 Å². The zero-order chi connectivity index (χ0) is 14.0. The molecule has 0 saturated carbocycles. The number of hydrogen-bond acceptors (Lipinski definition) is 3. The molecule has 1 aromatic heterocycles. The number of carbonyl (C=O) groups is 1. The molecule has 100 valence electrons. The summed E-state index contributed by atoms with van der Waals surface area (Å²) in [5.74, 6) is 0.273. The molecule has 4 nitrogen and oxygen atoms in total. The van der Waals surface area contributed by atoms with Crippen LogP contribution >= 0.6 is 23.2 Å². The van der Waals surface area contributed by atoms with Gasteiger partial charge in [-0.2, -0.15) is 0 Å². The maximum Gasteiger partial charge on any atom is 0.328 e. The predicted molar refractivity (Wildman–Crippen MR) is 74.4 cm³/mol. The summed E-state index contributed by atoms with van der Waals surface area (Å²) in [6.45, 7) is 1.74. The van der Waals surface area contributed by atoms with Crippen molar-refractivity contribution >= 4 is 29.2 Å². The van der Waals surface area contributed by atoms with E-state index in [2.05, 4.69) is 4.98 Å². The molecule has 0 N–H and O–H groups in total. The lowest BCUT2D eigenvalue weighted by molar-refractivity contribution is -0.143. The molecule has 0 bridgehead atoms. The molecule has 0 spiro atoms. The number of halogens is 2. The first kappa shape index (κ1) is 13.9. The normalized spacial score (nSPS) is 12.2. The number of methoxy groups -OCH3 is 1. The number of rotatable bonds is 3. The van der Waals surface area contributed by atoms with Crippen LogP contribution in [0.1, 0.15) is 13.0 Å². The van der Waals surface area contributed by atoms with Gasteiger partial charge >= 0.3 is 5.97 Å². The maximum absolute atomic E-state index is 11.6. The number of esters is 1. The molecule has 1 aromatic carbocycles. The van der Waals surface area contributed by atoms with Crippen molar-refractivity contribution in [2.75, 3.05) is 7.11 Å². The van der Waals surface area contributed by atoms with Crippen molar-refractivity contribution < 1.29 is 9.53 Å². The van der Waals surface area contributed by atoms with E-state index in [0.29, 0.717) is 15.9 Å². The Hall–Kier alpha value is -1.52. The summed E-state index contributed by atoms with van der Waals surface area (Å²) in [4.78, 5) is 15.8. The Morgan fingerprint density at radius 2 is 1.95 bits per heavy atom. The molecular formula is C13H12Cl2N2O2. The van der Waals surface area contributed by atoms with E-state index in [1.54, 1.807) is 42.1 Å². The van der Waals surface area contributed by atoms with Gasteiger partial charge in [0.05, 0.1) is 7.11 Å². The summed E-state index contributed by atoms with van der Waals surface area (Å²) in [6.07, 6.45) is 3.33. The van der Waals surface area contributed by atoms with Crippen molar-refractivity contribution in [1.82, 2.24) is 9.55 Å². The average molecular weight is 299 g/mol. The van der Waals surface area contributed by atoms with Crippen LogP contribution in [0, 0.1) is 0 Å². The van der Waals surface area contributed by atoms with Crippen molar-refractivity contribution in [3.8, 4) is 11.4 Å². The van der Waals surface area contributed by atoms with Gasteiger partial charge in [0.2, 0.25) is 0 Å². The van der Waals surface area contributed by atoms with Gasteiger partial charge in [-0.15, -0.1) is 0 Å². The first-order chi connectivity index (χ1) is 9.02. The lowest BCUT2D eigenvalue weighted by Gasteiger charge is -2.14. The van der Waals surface area contributed by atoms with E-state index in [-0.39, 0.29) is 5.97 Å². The average Bonchev–Trinajstić information content (AvgIpc) is 2.84. The molecule has 2 rings (SSSR count). The van der Waals surface area contributed by atoms with Crippen LogP contribution in [0.3, 0.4) is 0 Å². The zero-order valence-electron chi connectivity index (χ0n) is 10.4. The van der Waals surface area contributed by atoms with Gasteiger partial charge < -0.3 is 9.30 Å². The minimum Gasteiger partial charge on any atom is -0.467 e. The van der Waals surface area contributed by atoms with E-state index in [1.807, 2.05) is 0 Å². The smallest absolute Gasteiger partial charge is 0.328 e. The fraction of sp³-hybridized carbons (Fsp3) is 0.231. The minimum absolute atomic E-state index is 0.340. The van der Waals surface area contributed by atoms with E-state index < -0.39 is 6.04 Å². The second-order valence-electron chi connectivity index (χ2n) is 4.02. The number of aromatic nitrogens is 2. The van der Waals surface area contributed by atoms with Crippen molar-refractivity contribution in [2.24, 2.45) is 0 Å². The summed E-state index contributed by atoms with van der Waals surface area (Å²) in [5, 5.41) is 1.03. The summed E-state index contributed by atoms with van der Waals surface area (Å²) < 4.78 is 6.45. The molecule has 0 amide bonds. The summed E-state index contributed by atoms with van der Waals surface area (Å²) in [7, 11) is 1.35. The van der Waals surface area contributed by atoms with Crippen LogP contribution in [-0.2, 0) is 9.53 Å². The van der Waals surface area contributed by atoms with Gasteiger partial charge in [-0.25, -0.2) is 9.78 Å². The Morgan fingerprint density at radius 3 is 2.53 bits per heavy atom. The third-order valence-electron chi connectivity index (χ3n) is 2.75. The predicted octanol–water partition coefficient (Wildman–Crippen LogP) is 3.59. The molecule has 1 atom stereocenters. The highest BCUT2D eigenvalue weighted by Crippen LogP contribution is 2.28. The van der Waals surface area contributed by atoms with Crippen LogP contribution in [0.15, 0.2) is 30.6 Å². The second kappa shape index (κ2) is 5.63. The van der Waals surface area contributed by atoms with Gasteiger partial charge in [-0.3, -0.25) is 0 Å². The third kappa shape index (κ3) is 2.91. The van der Waals surface area contributed by atoms with Crippen LogP contribution in [0.2, 0.25) is 10.0 Å². The van der Waals surface area contributed by atoms with E-state index in [0.717, 1.165) is 5.56 Å². The number of hydrogen-bond donors (Lipinski definition) is 0. The molecule has 1 unspecified atom stereocenters. The van der Waals surface area contributed by atoms with Crippen LogP contribution < -0.4 is 0 Å². The van der Waals surface area contributed by atoms with E-state index in [9.17, 15) is 4.79 Å². The number of benzene rings is 1. The lowest BCUT2D eigenvalue weighted by atomic mass is 10.2. The fourth-order valence-corrected chi connectivity index (χ4v) is 2.34. The standard InChI is InChI=1S/C13H12Cl2N2O2/c1-8(13(18)19-2)17-4-3-16-12(17)9-5-10(14)7-11(15)6-9/h3-8H,1-2H3. The highest BCUT2D eigenvalue weighted by molar-refractivity contribution is 6.35. The molecule has 1 heterocycles. The summed E-state index contributed by atoms with van der Waals surface area (Å²) in [5.41, 5.74) is 0.748. The molecule has 2 aromatic rings. The Kier molecular flexibility index (Phi) is 4.12. The zero-order valence-corrected chi connectivity index (χ0v) is 11.9. The van der Waals surface area contributed by atoms with Crippen LogP contribution in [0.5, 0.6) is 0 Å². The summed E-state index contributed by atoms with van der Waals surface area (Å²) >= 11 is 12.0. The van der Waals surface area contributed by atoms with Gasteiger partial charge in [0.15, 0.2) is 0 Å².